The Bertz CT molecular complexity index is 783. The van der Waals surface area contributed by atoms with Crippen LogP contribution in [0, 0.1) is 0 Å². The summed E-state index contributed by atoms with van der Waals surface area (Å²) in [5.74, 6) is -0.871. The molecule has 0 aromatic heterocycles. The van der Waals surface area contributed by atoms with Crippen LogP contribution in [0.15, 0.2) is 47.4 Å². The van der Waals surface area contributed by atoms with E-state index in [1.165, 1.54) is 16.0 Å². The Labute approximate surface area is 148 Å². The molecule has 2 aromatic carbocycles. The standard InChI is InChI=1S/C19H18O2SSe/c1-19(2)10-16(12-5-3-6-13(9-12)18(20)21)22-17-14(11-23)7-4-8-15(17)19/h3-9,11,16H,10H2,1-2H3,(H,20,21). The molecule has 1 aliphatic rings. The molecule has 3 rings (SSSR count). The molecule has 1 N–H and O–H groups in total. The normalized spacial score (nSPS) is 19.0. The van der Waals surface area contributed by atoms with E-state index < -0.39 is 5.97 Å². The fourth-order valence-corrected chi connectivity index (χ4v) is 5.51. The number of benzene rings is 2. The molecule has 0 bridgehead atoms. The second-order valence-electron chi connectivity index (χ2n) is 6.47. The molecular formula is C19H18O2SSe. The van der Waals surface area contributed by atoms with E-state index in [0.29, 0.717) is 5.56 Å². The summed E-state index contributed by atoms with van der Waals surface area (Å²) >= 11 is 4.84. The van der Waals surface area contributed by atoms with Crippen LogP contribution >= 0.6 is 11.8 Å². The van der Waals surface area contributed by atoms with Gasteiger partial charge >= 0.3 is 149 Å². The van der Waals surface area contributed by atoms with E-state index in [1.54, 1.807) is 6.07 Å². The maximum absolute atomic E-state index is 11.2. The molecule has 1 heterocycles. The summed E-state index contributed by atoms with van der Waals surface area (Å²) in [5.41, 5.74) is 4.08. The first-order chi connectivity index (χ1) is 10.9. The molecule has 2 aromatic rings. The Morgan fingerprint density at radius 3 is 2.74 bits per heavy atom. The molecule has 0 radical (unpaired) electrons. The van der Waals surface area contributed by atoms with Crippen molar-refractivity contribution in [1.82, 2.24) is 0 Å². The molecule has 0 amide bonds. The quantitative estimate of drug-likeness (QED) is 0.799. The van der Waals surface area contributed by atoms with E-state index in [2.05, 4.69) is 47.6 Å². The van der Waals surface area contributed by atoms with Crippen LogP contribution in [0.2, 0.25) is 0 Å². The van der Waals surface area contributed by atoms with Crippen molar-refractivity contribution >= 4 is 38.2 Å². The van der Waals surface area contributed by atoms with E-state index in [-0.39, 0.29) is 10.7 Å². The number of thioether (sulfide) groups is 1. The average Bonchev–Trinajstić information content (AvgIpc) is 2.53. The van der Waals surface area contributed by atoms with E-state index in [9.17, 15) is 9.90 Å². The Balaban J connectivity index is 2.06. The van der Waals surface area contributed by atoms with E-state index in [0.717, 1.165) is 12.0 Å². The van der Waals surface area contributed by atoms with Crippen molar-refractivity contribution in [3.63, 3.8) is 0 Å². The third-order valence-corrected chi connectivity index (χ3v) is 6.31. The SMILES string of the molecule is CC1(C)CC(c2cccc(C(=O)O)c2)Sc2c(C=[Se])cccc21. The van der Waals surface area contributed by atoms with Gasteiger partial charge < -0.3 is 0 Å². The van der Waals surface area contributed by atoms with Gasteiger partial charge in [0.2, 0.25) is 0 Å². The van der Waals surface area contributed by atoms with Gasteiger partial charge in [-0.25, -0.2) is 0 Å². The molecule has 118 valence electrons. The first kappa shape index (κ1) is 16.5. The third kappa shape index (κ3) is 3.16. The van der Waals surface area contributed by atoms with Crippen LogP contribution in [0.1, 0.15) is 52.6 Å². The van der Waals surface area contributed by atoms with Crippen molar-refractivity contribution < 1.29 is 9.90 Å². The molecule has 0 saturated heterocycles. The van der Waals surface area contributed by atoms with Gasteiger partial charge in [-0.1, -0.05) is 0 Å². The minimum atomic E-state index is -0.871. The van der Waals surface area contributed by atoms with Crippen LogP contribution in [0.4, 0.5) is 0 Å². The van der Waals surface area contributed by atoms with Gasteiger partial charge in [-0.05, 0) is 0 Å². The number of carbonyl (C=O) groups is 1. The van der Waals surface area contributed by atoms with Crippen LogP contribution in [-0.4, -0.2) is 31.6 Å². The number of hydrogen-bond acceptors (Lipinski definition) is 2. The summed E-state index contributed by atoms with van der Waals surface area (Å²) in [4.78, 5) is 14.6. The molecule has 1 unspecified atom stereocenters. The van der Waals surface area contributed by atoms with Gasteiger partial charge in [0.1, 0.15) is 0 Å². The van der Waals surface area contributed by atoms with Crippen LogP contribution < -0.4 is 0 Å². The zero-order chi connectivity index (χ0) is 16.6. The fraction of sp³-hybridized carbons (Fsp3) is 0.263. The number of aromatic carboxylic acids is 1. The first-order valence-corrected chi connectivity index (χ1v) is 9.38. The Hall–Kier alpha value is -1.35. The Morgan fingerprint density at radius 1 is 1.30 bits per heavy atom. The summed E-state index contributed by atoms with van der Waals surface area (Å²) in [7, 11) is 0. The van der Waals surface area contributed by atoms with Crippen molar-refractivity contribution in [2.45, 2.75) is 35.8 Å². The molecular weight excluding hydrogens is 371 g/mol. The Kier molecular flexibility index (Phi) is 4.50. The fourth-order valence-electron chi connectivity index (χ4n) is 3.13. The number of hydrogen-bond donors (Lipinski definition) is 1. The van der Waals surface area contributed by atoms with Crippen molar-refractivity contribution in [1.29, 1.82) is 0 Å². The summed E-state index contributed by atoms with van der Waals surface area (Å²) in [5, 5.41) is 9.50. The topological polar surface area (TPSA) is 37.3 Å². The molecule has 2 nitrogen and oxygen atoms in total. The summed E-state index contributed by atoms with van der Waals surface area (Å²) in [6.45, 7) is 4.53. The number of fused-ring (bicyclic) bond motifs is 1. The van der Waals surface area contributed by atoms with Gasteiger partial charge in [0.05, 0.1) is 0 Å². The van der Waals surface area contributed by atoms with Gasteiger partial charge in [0.25, 0.3) is 0 Å². The number of carboxylic acids is 1. The molecule has 0 aliphatic carbocycles. The molecule has 0 saturated carbocycles. The first-order valence-electron chi connectivity index (χ1n) is 7.51. The molecule has 23 heavy (non-hydrogen) atoms. The molecule has 1 atom stereocenters. The monoisotopic (exact) mass is 390 g/mol. The summed E-state index contributed by atoms with van der Waals surface area (Å²) in [6.07, 6.45) is 0.991. The van der Waals surface area contributed by atoms with Crippen LogP contribution in [0.3, 0.4) is 0 Å². The summed E-state index contributed by atoms with van der Waals surface area (Å²) in [6, 6.07) is 13.8. The van der Waals surface area contributed by atoms with Gasteiger partial charge in [0.15, 0.2) is 0 Å². The second-order valence-corrected chi connectivity index (χ2v) is 8.17. The van der Waals surface area contributed by atoms with Crippen LogP contribution in [0.5, 0.6) is 0 Å². The maximum atomic E-state index is 11.2. The van der Waals surface area contributed by atoms with E-state index in [1.807, 2.05) is 34.9 Å². The van der Waals surface area contributed by atoms with Crippen molar-refractivity contribution in [3.8, 4) is 0 Å². The van der Waals surface area contributed by atoms with Gasteiger partial charge in [-0.3, -0.25) is 0 Å². The zero-order valence-corrected chi connectivity index (χ0v) is 15.6. The summed E-state index contributed by atoms with van der Waals surface area (Å²) < 4.78 is 0. The van der Waals surface area contributed by atoms with Gasteiger partial charge in [-0.15, -0.1) is 0 Å². The molecule has 4 heteroatoms. The minimum absolute atomic E-state index is 0.0590. The van der Waals surface area contributed by atoms with Crippen molar-refractivity contribution in [2.24, 2.45) is 0 Å². The third-order valence-electron chi connectivity index (χ3n) is 4.36. The molecule has 0 spiro atoms. The average molecular weight is 389 g/mol. The van der Waals surface area contributed by atoms with Crippen LogP contribution in [-0.2, 0) is 5.41 Å². The van der Waals surface area contributed by atoms with E-state index >= 15 is 0 Å². The van der Waals surface area contributed by atoms with E-state index in [4.69, 9.17) is 0 Å². The van der Waals surface area contributed by atoms with Gasteiger partial charge in [0, 0.05) is 0 Å². The zero-order valence-electron chi connectivity index (χ0n) is 13.1. The van der Waals surface area contributed by atoms with Crippen molar-refractivity contribution in [3.05, 3.63) is 64.7 Å². The second kappa shape index (κ2) is 6.27. The van der Waals surface area contributed by atoms with Crippen LogP contribution in [0.25, 0.3) is 0 Å². The number of carboxylic acid groups (broad SMARTS) is 1. The number of rotatable bonds is 3. The van der Waals surface area contributed by atoms with Gasteiger partial charge in [-0.2, -0.15) is 0 Å². The van der Waals surface area contributed by atoms with Crippen molar-refractivity contribution in [2.75, 3.05) is 0 Å². The molecule has 0 fully saturated rings. The molecule has 1 aliphatic heterocycles. The predicted molar refractivity (Wildman–Crippen MR) is 97.0 cm³/mol. The predicted octanol–water partition coefficient (Wildman–Crippen LogP) is 4.22. The Morgan fingerprint density at radius 2 is 2.04 bits per heavy atom.